The summed E-state index contributed by atoms with van der Waals surface area (Å²) in [7, 11) is 0. The highest BCUT2D eigenvalue weighted by Crippen LogP contribution is 2.33. The molecule has 0 saturated carbocycles. The fourth-order valence-corrected chi connectivity index (χ4v) is 2.54. The van der Waals surface area contributed by atoms with Gasteiger partial charge in [0.15, 0.2) is 0 Å². The Morgan fingerprint density at radius 3 is 2.94 bits per heavy atom. The van der Waals surface area contributed by atoms with E-state index in [0.717, 1.165) is 32.4 Å². The van der Waals surface area contributed by atoms with E-state index < -0.39 is 0 Å². The van der Waals surface area contributed by atoms with E-state index in [2.05, 4.69) is 27.8 Å². The molecule has 1 aromatic heterocycles. The van der Waals surface area contributed by atoms with Crippen LogP contribution in [0.4, 0.5) is 5.13 Å². The monoisotopic (exact) mass is 240 g/mol. The third kappa shape index (κ3) is 2.22. The van der Waals surface area contributed by atoms with Gasteiger partial charge in [0, 0.05) is 0 Å². The minimum atomic E-state index is -0.225. The molecular weight excluding hydrogens is 224 g/mol. The number of carbonyl (C=O) groups excluding carboxylic acids is 1. The molecule has 1 saturated heterocycles. The van der Waals surface area contributed by atoms with Crippen LogP contribution in [0.2, 0.25) is 0 Å². The highest BCUT2D eigenvalue weighted by Gasteiger charge is 2.37. The normalized spacial score (nSPS) is 19.3. The molecule has 0 aromatic carbocycles. The van der Waals surface area contributed by atoms with Gasteiger partial charge in [0.25, 0.3) is 0 Å². The van der Waals surface area contributed by atoms with E-state index in [4.69, 9.17) is 0 Å². The lowest BCUT2D eigenvalue weighted by Crippen LogP contribution is -2.44. The number of hydrogen-bond donors (Lipinski definition) is 2. The zero-order valence-corrected chi connectivity index (χ0v) is 10.1. The summed E-state index contributed by atoms with van der Waals surface area (Å²) in [5, 5.41) is 14.3. The van der Waals surface area contributed by atoms with Crippen molar-refractivity contribution in [3.63, 3.8) is 0 Å². The Hall–Kier alpha value is -1.01. The highest BCUT2D eigenvalue weighted by molar-refractivity contribution is 7.13. The smallest absolute Gasteiger partial charge is 0.232 e. The van der Waals surface area contributed by atoms with Crippen LogP contribution in [0.25, 0.3) is 0 Å². The van der Waals surface area contributed by atoms with E-state index in [9.17, 15) is 4.79 Å². The van der Waals surface area contributed by atoms with Gasteiger partial charge in [-0.1, -0.05) is 18.3 Å². The maximum Gasteiger partial charge on any atom is 0.232 e. The third-order valence-corrected chi connectivity index (χ3v) is 3.91. The molecule has 2 N–H and O–H groups in total. The van der Waals surface area contributed by atoms with E-state index in [-0.39, 0.29) is 11.3 Å². The van der Waals surface area contributed by atoms with Crippen LogP contribution >= 0.6 is 11.3 Å². The van der Waals surface area contributed by atoms with Crippen molar-refractivity contribution in [3.8, 4) is 0 Å². The molecule has 2 heterocycles. The van der Waals surface area contributed by atoms with E-state index in [1.165, 1.54) is 11.3 Å². The number of aromatic nitrogens is 2. The summed E-state index contributed by atoms with van der Waals surface area (Å²) >= 11 is 1.35. The van der Waals surface area contributed by atoms with Gasteiger partial charge >= 0.3 is 0 Å². The maximum atomic E-state index is 12.2. The molecule has 5 nitrogen and oxygen atoms in total. The third-order valence-electron chi connectivity index (χ3n) is 3.30. The Kier molecular flexibility index (Phi) is 3.50. The Labute approximate surface area is 98.7 Å². The van der Waals surface area contributed by atoms with Crippen LogP contribution in [-0.2, 0) is 4.79 Å². The Balaban J connectivity index is 2.06. The lowest BCUT2D eigenvalue weighted by Gasteiger charge is -2.34. The second kappa shape index (κ2) is 4.88. The van der Waals surface area contributed by atoms with E-state index in [1.807, 2.05) is 0 Å². The number of anilines is 1. The van der Waals surface area contributed by atoms with Crippen molar-refractivity contribution in [1.82, 2.24) is 15.5 Å². The lowest BCUT2D eigenvalue weighted by molar-refractivity contribution is -0.127. The van der Waals surface area contributed by atoms with Gasteiger partial charge in [0.2, 0.25) is 11.0 Å². The SMILES string of the molecule is CCC1(C(=O)Nc2nncs2)CCNCC1. The van der Waals surface area contributed by atoms with Gasteiger partial charge in [0.1, 0.15) is 5.51 Å². The minimum Gasteiger partial charge on any atom is -0.317 e. The molecule has 1 aliphatic heterocycles. The molecule has 1 aromatic rings. The van der Waals surface area contributed by atoms with Crippen LogP contribution in [0.3, 0.4) is 0 Å². The van der Waals surface area contributed by atoms with Gasteiger partial charge in [-0.25, -0.2) is 0 Å². The molecule has 1 amide bonds. The van der Waals surface area contributed by atoms with E-state index >= 15 is 0 Å². The fourth-order valence-electron chi connectivity index (χ4n) is 2.10. The molecule has 0 spiro atoms. The van der Waals surface area contributed by atoms with Crippen molar-refractivity contribution in [2.75, 3.05) is 18.4 Å². The fraction of sp³-hybridized carbons (Fsp3) is 0.700. The zero-order valence-electron chi connectivity index (χ0n) is 9.32. The van der Waals surface area contributed by atoms with E-state index in [0.29, 0.717) is 5.13 Å². The molecule has 0 atom stereocenters. The quantitative estimate of drug-likeness (QED) is 0.834. The van der Waals surface area contributed by atoms with Crippen molar-refractivity contribution in [2.45, 2.75) is 26.2 Å². The first-order chi connectivity index (χ1) is 7.77. The van der Waals surface area contributed by atoms with Crippen LogP contribution < -0.4 is 10.6 Å². The van der Waals surface area contributed by atoms with Crippen LogP contribution in [0.5, 0.6) is 0 Å². The number of rotatable bonds is 3. The largest absolute Gasteiger partial charge is 0.317 e. The number of hydrogen-bond acceptors (Lipinski definition) is 5. The van der Waals surface area contributed by atoms with Gasteiger partial charge in [-0.3, -0.25) is 4.79 Å². The van der Waals surface area contributed by atoms with Crippen LogP contribution in [0, 0.1) is 5.41 Å². The van der Waals surface area contributed by atoms with Gasteiger partial charge in [0.05, 0.1) is 5.41 Å². The summed E-state index contributed by atoms with van der Waals surface area (Å²) in [6.07, 6.45) is 2.67. The molecule has 0 bridgehead atoms. The molecule has 6 heteroatoms. The molecule has 88 valence electrons. The van der Waals surface area contributed by atoms with Crippen LogP contribution in [-0.4, -0.2) is 29.2 Å². The molecule has 0 radical (unpaired) electrons. The van der Waals surface area contributed by atoms with Crippen molar-refractivity contribution in [2.24, 2.45) is 5.41 Å². The Morgan fingerprint density at radius 2 is 2.38 bits per heavy atom. The summed E-state index contributed by atoms with van der Waals surface area (Å²) < 4.78 is 0. The zero-order chi connectivity index (χ0) is 11.4. The molecule has 0 unspecified atom stereocenters. The molecule has 1 fully saturated rings. The summed E-state index contributed by atoms with van der Waals surface area (Å²) in [5.41, 5.74) is 1.40. The average molecular weight is 240 g/mol. The molecule has 2 rings (SSSR count). The number of amides is 1. The molecular formula is C10H16N4OS. The second-order valence-corrected chi connectivity index (χ2v) is 4.92. The molecule has 0 aliphatic carbocycles. The predicted octanol–water partition coefficient (Wildman–Crippen LogP) is 1.26. The van der Waals surface area contributed by atoms with Gasteiger partial charge in [-0.2, -0.15) is 0 Å². The second-order valence-electron chi connectivity index (χ2n) is 4.08. The maximum absolute atomic E-state index is 12.2. The van der Waals surface area contributed by atoms with E-state index in [1.54, 1.807) is 5.51 Å². The number of carbonyl (C=O) groups is 1. The minimum absolute atomic E-state index is 0.0910. The average Bonchev–Trinajstić information content (AvgIpc) is 2.82. The van der Waals surface area contributed by atoms with Crippen LogP contribution in [0.15, 0.2) is 5.51 Å². The first kappa shape index (κ1) is 11.5. The number of nitrogens with zero attached hydrogens (tertiary/aromatic N) is 2. The highest BCUT2D eigenvalue weighted by atomic mass is 32.1. The molecule has 1 aliphatic rings. The van der Waals surface area contributed by atoms with Crippen LogP contribution in [0.1, 0.15) is 26.2 Å². The topological polar surface area (TPSA) is 66.9 Å². The van der Waals surface area contributed by atoms with Crippen molar-refractivity contribution in [1.29, 1.82) is 0 Å². The van der Waals surface area contributed by atoms with Crippen molar-refractivity contribution >= 4 is 22.4 Å². The summed E-state index contributed by atoms with van der Waals surface area (Å²) in [6.45, 7) is 3.90. The van der Waals surface area contributed by atoms with Gasteiger partial charge in [-0.05, 0) is 32.4 Å². The Bertz CT molecular complexity index is 346. The lowest BCUT2D eigenvalue weighted by atomic mass is 9.76. The number of nitrogens with one attached hydrogen (secondary N) is 2. The van der Waals surface area contributed by atoms with Gasteiger partial charge in [-0.15, -0.1) is 10.2 Å². The summed E-state index contributed by atoms with van der Waals surface area (Å²) in [6, 6.07) is 0. The first-order valence-electron chi connectivity index (χ1n) is 5.55. The van der Waals surface area contributed by atoms with Crippen molar-refractivity contribution in [3.05, 3.63) is 5.51 Å². The first-order valence-corrected chi connectivity index (χ1v) is 6.43. The predicted molar refractivity (Wildman–Crippen MR) is 63.4 cm³/mol. The number of piperidine rings is 1. The Morgan fingerprint density at radius 1 is 1.62 bits per heavy atom. The summed E-state index contributed by atoms with van der Waals surface area (Å²) in [4.78, 5) is 12.2. The van der Waals surface area contributed by atoms with Gasteiger partial charge < -0.3 is 10.6 Å². The molecule has 16 heavy (non-hydrogen) atoms. The standard InChI is InChI=1S/C10H16N4OS/c1-2-10(3-5-11-6-4-10)8(15)13-9-14-12-7-16-9/h7,11H,2-6H2,1H3,(H,13,14,15). The summed E-state index contributed by atoms with van der Waals surface area (Å²) in [5.74, 6) is 0.0910. The van der Waals surface area contributed by atoms with Crippen molar-refractivity contribution < 1.29 is 4.79 Å².